The summed E-state index contributed by atoms with van der Waals surface area (Å²) in [7, 11) is 1.60. The fourth-order valence-electron chi connectivity index (χ4n) is 1.37. The van der Waals surface area contributed by atoms with Crippen molar-refractivity contribution in [2.75, 3.05) is 0 Å². The first-order valence-electron chi connectivity index (χ1n) is 4.62. The van der Waals surface area contributed by atoms with E-state index in [9.17, 15) is 9.18 Å². The Labute approximate surface area is 99.2 Å². The van der Waals surface area contributed by atoms with Crippen LogP contribution in [0.15, 0.2) is 27.5 Å². The number of aromatic amines is 1. The zero-order chi connectivity index (χ0) is 11.7. The quantitative estimate of drug-likeness (QED) is 0.911. The van der Waals surface area contributed by atoms with Crippen molar-refractivity contribution in [3.05, 3.63) is 50.4 Å². The van der Waals surface area contributed by atoms with Crippen molar-refractivity contribution in [1.82, 2.24) is 14.8 Å². The molecule has 2 rings (SSSR count). The van der Waals surface area contributed by atoms with Crippen molar-refractivity contribution in [3.8, 4) is 0 Å². The zero-order valence-electron chi connectivity index (χ0n) is 8.50. The number of H-pyrrole nitrogens is 1. The van der Waals surface area contributed by atoms with Gasteiger partial charge in [0.2, 0.25) is 0 Å². The van der Waals surface area contributed by atoms with Gasteiger partial charge in [-0.05, 0) is 17.7 Å². The molecule has 84 valence electrons. The van der Waals surface area contributed by atoms with E-state index in [4.69, 9.17) is 0 Å². The zero-order valence-corrected chi connectivity index (χ0v) is 10.1. The van der Waals surface area contributed by atoms with Crippen molar-refractivity contribution in [1.29, 1.82) is 0 Å². The van der Waals surface area contributed by atoms with Gasteiger partial charge in [0.1, 0.15) is 11.6 Å². The molecule has 16 heavy (non-hydrogen) atoms. The van der Waals surface area contributed by atoms with Gasteiger partial charge < -0.3 is 0 Å². The first-order chi connectivity index (χ1) is 7.58. The van der Waals surface area contributed by atoms with Gasteiger partial charge in [-0.1, -0.05) is 22.0 Å². The highest BCUT2D eigenvalue weighted by Crippen LogP contribution is 2.16. The Hall–Kier alpha value is -1.43. The summed E-state index contributed by atoms with van der Waals surface area (Å²) >= 11 is 3.18. The molecule has 0 aliphatic rings. The summed E-state index contributed by atoms with van der Waals surface area (Å²) < 4.78 is 15.6. The molecule has 6 heteroatoms. The summed E-state index contributed by atoms with van der Waals surface area (Å²) in [6.07, 6.45) is 0.286. The molecule has 0 fully saturated rings. The van der Waals surface area contributed by atoms with Gasteiger partial charge in [0.15, 0.2) is 0 Å². The van der Waals surface area contributed by atoms with E-state index < -0.39 is 0 Å². The SMILES string of the molecule is Cn1c(Cc2ccc(Br)cc2F)n[nH]c1=O. The molecule has 0 atom stereocenters. The van der Waals surface area contributed by atoms with Crippen LogP contribution in [-0.2, 0) is 13.5 Å². The van der Waals surface area contributed by atoms with Gasteiger partial charge in [-0.2, -0.15) is 5.10 Å². The summed E-state index contributed by atoms with van der Waals surface area (Å²) in [4.78, 5) is 11.1. The van der Waals surface area contributed by atoms with E-state index in [1.54, 1.807) is 19.2 Å². The van der Waals surface area contributed by atoms with Crippen LogP contribution < -0.4 is 5.69 Å². The van der Waals surface area contributed by atoms with Crippen LogP contribution in [0.5, 0.6) is 0 Å². The molecule has 1 aromatic carbocycles. The van der Waals surface area contributed by atoms with Crippen molar-refractivity contribution < 1.29 is 4.39 Å². The highest BCUT2D eigenvalue weighted by Gasteiger charge is 2.09. The average molecular weight is 286 g/mol. The Morgan fingerprint density at radius 2 is 2.31 bits per heavy atom. The lowest BCUT2D eigenvalue weighted by Crippen LogP contribution is -2.14. The maximum Gasteiger partial charge on any atom is 0.343 e. The molecule has 4 nitrogen and oxygen atoms in total. The molecule has 0 bridgehead atoms. The summed E-state index contributed by atoms with van der Waals surface area (Å²) in [6, 6.07) is 4.81. The number of hydrogen-bond acceptors (Lipinski definition) is 2. The second-order valence-electron chi connectivity index (χ2n) is 3.42. The molecular formula is C10H9BrFN3O. The number of rotatable bonds is 2. The number of halogens is 2. The van der Waals surface area contributed by atoms with Crippen LogP contribution in [-0.4, -0.2) is 14.8 Å². The van der Waals surface area contributed by atoms with Crippen molar-refractivity contribution in [2.24, 2.45) is 7.05 Å². The second-order valence-corrected chi connectivity index (χ2v) is 4.33. The van der Waals surface area contributed by atoms with Crippen molar-refractivity contribution in [3.63, 3.8) is 0 Å². The fourth-order valence-corrected chi connectivity index (χ4v) is 1.71. The molecule has 1 N–H and O–H groups in total. The molecule has 0 spiro atoms. The fraction of sp³-hybridized carbons (Fsp3) is 0.200. The van der Waals surface area contributed by atoms with Crippen LogP contribution in [0.1, 0.15) is 11.4 Å². The predicted octanol–water partition coefficient (Wildman–Crippen LogP) is 1.60. The second kappa shape index (κ2) is 4.21. The first kappa shape index (κ1) is 11.1. The van der Waals surface area contributed by atoms with Crippen LogP contribution in [0.3, 0.4) is 0 Å². The molecule has 0 aliphatic heterocycles. The van der Waals surface area contributed by atoms with Gasteiger partial charge in [-0.15, -0.1) is 0 Å². The molecule has 0 saturated heterocycles. The summed E-state index contributed by atoms with van der Waals surface area (Å²) in [5, 5.41) is 6.13. The minimum absolute atomic E-state index is 0.286. The lowest BCUT2D eigenvalue weighted by molar-refractivity contribution is 0.609. The van der Waals surface area contributed by atoms with E-state index in [0.29, 0.717) is 15.9 Å². The number of nitrogens with zero attached hydrogens (tertiary/aromatic N) is 2. The smallest absolute Gasteiger partial charge is 0.282 e. The van der Waals surface area contributed by atoms with E-state index in [-0.39, 0.29) is 17.9 Å². The third-order valence-electron chi connectivity index (χ3n) is 2.34. The lowest BCUT2D eigenvalue weighted by atomic mass is 10.1. The van der Waals surface area contributed by atoms with E-state index in [1.807, 2.05) is 0 Å². The van der Waals surface area contributed by atoms with Gasteiger partial charge in [0.05, 0.1) is 0 Å². The standard InChI is InChI=1S/C10H9BrFN3O/c1-15-9(13-14-10(15)16)4-6-2-3-7(11)5-8(6)12/h2-3,5H,4H2,1H3,(H,14,16). The molecule has 0 saturated carbocycles. The van der Waals surface area contributed by atoms with Gasteiger partial charge in [0.25, 0.3) is 0 Å². The maximum atomic E-state index is 13.5. The van der Waals surface area contributed by atoms with Crippen LogP contribution in [0.25, 0.3) is 0 Å². The minimum Gasteiger partial charge on any atom is -0.282 e. The Morgan fingerprint density at radius 1 is 1.56 bits per heavy atom. The molecule has 1 heterocycles. The molecule has 2 aromatic rings. The number of hydrogen-bond donors (Lipinski definition) is 1. The van der Waals surface area contributed by atoms with E-state index >= 15 is 0 Å². The Kier molecular flexibility index (Phi) is 2.91. The van der Waals surface area contributed by atoms with Crippen molar-refractivity contribution >= 4 is 15.9 Å². The highest BCUT2D eigenvalue weighted by atomic mass is 79.9. The third-order valence-corrected chi connectivity index (χ3v) is 2.83. The number of benzene rings is 1. The highest BCUT2D eigenvalue weighted by molar-refractivity contribution is 9.10. The Bertz CT molecular complexity index is 576. The van der Waals surface area contributed by atoms with Gasteiger partial charge in [0, 0.05) is 17.9 Å². The Morgan fingerprint density at radius 3 is 2.88 bits per heavy atom. The molecule has 0 radical (unpaired) electrons. The van der Waals surface area contributed by atoms with E-state index in [2.05, 4.69) is 26.1 Å². The van der Waals surface area contributed by atoms with Gasteiger partial charge in [-0.3, -0.25) is 4.57 Å². The molecule has 0 aliphatic carbocycles. The topological polar surface area (TPSA) is 50.7 Å². The van der Waals surface area contributed by atoms with E-state index in [0.717, 1.165) is 0 Å². The van der Waals surface area contributed by atoms with Crippen molar-refractivity contribution in [2.45, 2.75) is 6.42 Å². The average Bonchev–Trinajstić information content (AvgIpc) is 2.54. The summed E-state index contributed by atoms with van der Waals surface area (Å²) in [6.45, 7) is 0. The lowest BCUT2D eigenvalue weighted by Gasteiger charge is -2.02. The van der Waals surface area contributed by atoms with Crippen LogP contribution in [0.4, 0.5) is 4.39 Å². The third kappa shape index (κ3) is 2.06. The van der Waals surface area contributed by atoms with Gasteiger partial charge in [-0.25, -0.2) is 14.3 Å². The van der Waals surface area contributed by atoms with Crippen LogP contribution in [0, 0.1) is 5.82 Å². The maximum absolute atomic E-state index is 13.5. The Balaban J connectivity index is 2.34. The predicted molar refractivity (Wildman–Crippen MR) is 60.7 cm³/mol. The number of aromatic nitrogens is 3. The normalized spacial score (nSPS) is 10.7. The monoisotopic (exact) mass is 285 g/mol. The summed E-state index contributed by atoms with van der Waals surface area (Å²) in [5.41, 5.74) is 0.206. The summed E-state index contributed by atoms with van der Waals surface area (Å²) in [5.74, 6) is 0.191. The van der Waals surface area contributed by atoms with E-state index in [1.165, 1.54) is 10.6 Å². The largest absolute Gasteiger partial charge is 0.343 e. The first-order valence-corrected chi connectivity index (χ1v) is 5.41. The molecule has 0 amide bonds. The minimum atomic E-state index is -0.315. The van der Waals surface area contributed by atoms with Crippen LogP contribution in [0.2, 0.25) is 0 Å². The van der Waals surface area contributed by atoms with Gasteiger partial charge >= 0.3 is 5.69 Å². The number of nitrogens with one attached hydrogen (secondary N) is 1. The molecule has 1 aromatic heterocycles. The molecule has 0 unspecified atom stereocenters. The van der Waals surface area contributed by atoms with Crippen LogP contribution >= 0.6 is 15.9 Å². The molecular weight excluding hydrogens is 277 g/mol.